The molecule has 0 amide bonds. The maximum atomic E-state index is 11.6. The van der Waals surface area contributed by atoms with E-state index in [0.717, 1.165) is 0 Å². The Morgan fingerprint density at radius 3 is 0.885 bits per heavy atom. The van der Waals surface area contributed by atoms with Crippen LogP contribution in [0.25, 0.3) is 0 Å². The minimum Gasteiger partial charge on any atom is -0.394 e. The molecule has 6 fully saturated rings. The van der Waals surface area contributed by atoms with Crippen LogP contribution < -0.4 is 0 Å². The molecule has 36 nitrogen and oxygen atoms in total. The van der Waals surface area contributed by atoms with Crippen LogP contribution in [-0.4, -0.2) is 384 Å². The summed E-state index contributed by atoms with van der Waals surface area (Å²) < 4.78 is 67.1. The summed E-state index contributed by atoms with van der Waals surface area (Å²) in [5, 5.41) is 250. The van der Waals surface area contributed by atoms with Gasteiger partial charge in [-0.25, -0.2) is 0 Å². The molecular formula is C42H74O36. The summed E-state index contributed by atoms with van der Waals surface area (Å²) in [4.78, 5) is 0. The highest BCUT2D eigenvalue weighted by molar-refractivity contribution is 4.99. The smallest absolute Gasteiger partial charge is 0.187 e. The van der Waals surface area contributed by atoms with Crippen molar-refractivity contribution in [3.63, 3.8) is 0 Å². The van der Waals surface area contributed by atoms with Crippen molar-refractivity contribution < 1.29 is 179 Å². The van der Waals surface area contributed by atoms with Crippen LogP contribution in [0.2, 0.25) is 0 Å². The van der Waals surface area contributed by atoms with Gasteiger partial charge in [0, 0.05) is 0 Å². The number of aliphatic hydroxyl groups excluding tert-OH is 24. The van der Waals surface area contributed by atoms with E-state index in [1.807, 2.05) is 0 Å². The van der Waals surface area contributed by atoms with Crippen LogP contribution in [0.4, 0.5) is 0 Å². The van der Waals surface area contributed by atoms with Crippen molar-refractivity contribution in [3.8, 4) is 0 Å². The van der Waals surface area contributed by atoms with Gasteiger partial charge in [-0.3, -0.25) is 0 Å². The maximum Gasteiger partial charge on any atom is 0.187 e. The average molecular weight is 1160 g/mol. The molecule has 6 aliphatic heterocycles. The lowest BCUT2D eigenvalue weighted by atomic mass is 9.99. The molecule has 0 aromatic rings. The number of ether oxygens (including phenoxy) is 12. The van der Waals surface area contributed by atoms with Crippen LogP contribution in [0.1, 0.15) is 0 Å². The van der Waals surface area contributed by atoms with Gasteiger partial charge in [0.05, 0.1) is 52.9 Å². The van der Waals surface area contributed by atoms with Gasteiger partial charge in [-0.2, -0.15) is 0 Å². The van der Waals surface area contributed by atoms with Crippen LogP contribution in [0.5, 0.6) is 0 Å². The Bertz CT molecular complexity index is 1760. The first-order valence-electron chi connectivity index (χ1n) is 24.6. The van der Waals surface area contributed by atoms with Crippen molar-refractivity contribution in [2.75, 3.05) is 52.9 Å². The van der Waals surface area contributed by atoms with Gasteiger partial charge in [-0.05, 0) is 0 Å². The van der Waals surface area contributed by atoms with Gasteiger partial charge in [0.15, 0.2) is 37.7 Å². The molecule has 36 heteroatoms. The maximum absolute atomic E-state index is 11.6. The third kappa shape index (κ3) is 14.4. The number of hydrogen-bond donors (Lipinski definition) is 24. The van der Waals surface area contributed by atoms with E-state index < -0.39 is 262 Å². The highest BCUT2D eigenvalue weighted by Crippen LogP contribution is 2.37. The summed E-state index contributed by atoms with van der Waals surface area (Å²) >= 11 is 0. The monoisotopic (exact) mass is 1150 g/mol. The average Bonchev–Trinajstić information content (AvgIpc) is 4.05. The lowest BCUT2D eigenvalue weighted by molar-refractivity contribution is -0.328. The highest BCUT2D eigenvalue weighted by atomic mass is 16.8. The molecule has 0 aliphatic carbocycles. The summed E-state index contributed by atoms with van der Waals surface area (Å²) in [6.45, 7) is -7.87. The topological polar surface area (TPSA) is 596 Å². The Labute approximate surface area is 440 Å². The van der Waals surface area contributed by atoms with Crippen molar-refractivity contribution in [2.24, 2.45) is 0 Å². The summed E-state index contributed by atoms with van der Waals surface area (Å²) in [5.41, 5.74) is 0. The summed E-state index contributed by atoms with van der Waals surface area (Å²) in [5.74, 6) is 0. The quantitative estimate of drug-likeness (QED) is 0.0382. The Morgan fingerprint density at radius 1 is 0.295 bits per heavy atom. The van der Waals surface area contributed by atoms with Crippen molar-refractivity contribution >= 4 is 0 Å². The molecule has 6 heterocycles. The first kappa shape index (κ1) is 65.7. The van der Waals surface area contributed by atoms with Crippen molar-refractivity contribution in [1.29, 1.82) is 0 Å². The molecular weight excluding hydrogens is 1080 g/mol. The van der Waals surface area contributed by atoms with Crippen LogP contribution in [0.3, 0.4) is 0 Å². The van der Waals surface area contributed by atoms with Crippen LogP contribution >= 0.6 is 0 Å². The molecule has 0 saturated carbocycles. The second kappa shape index (κ2) is 28.9. The van der Waals surface area contributed by atoms with Crippen molar-refractivity contribution in [3.05, 3.63) is 0 Å². The van der Waals surface area contributed by atoms with E-state index in [0.29, 0.717) is 0 Å². The molecule has 0 aromatic carbocycles. The van der Waals surface area contributed by atoms with Gasteiger partial charge in [0.25, 0.3) is 0 Å². The molecule has 458 valence electrons. The first-order chi connectivity index (χ1) is 36.8. The Balaban J connectivity index is 1.20. The fraction of sp³-hybridized carbons (Fsp3) is 1.00. The zero-order chi connectivity index (χ0) is 57.8. The molecule has 78 heavy (non-hydrogen) atoms. The van der Waals surface area contributed by atoms with Crippen LogP contribution in [-0.2, 0) is 56.8 Å². The third-order valence-corrected chi connectivity index (χ3v) is 14.1. The second-order valence-corrected chi connectivity index (χ2v) is 19.5. The highest BCUT2D eigenvalue weighted by Gasteiger charge is 2.57. The molecule has 6 aliphatic rings. The number of aliphatic hydroxyl groups is 24. The molecule has 6 saturated heterocycles. The van der Waals surface area contributed by atoms with E-state index in [1.165, 1.54) is 0 Å². The summed E-state index contributed by atoms with van der Waals surface area (Å²) in [7, 11) is 0. The van der Waals surface area contributed by atoms with E-state index in [1.54, 1.807) is 0 Å². The van der Waals surface area contributed by atoms with Gasteiger partial charge in [0.1, 0.15) is 171 Å². The molecule has 0 radical (unpaired) electrons. The van der Waals surface area contributed by atoms with Crippen LogP contribution in [0.15, 0.2) is 0 Å². The summed E-state index contributed by atoms with van der Waals surface area (Å²) in [6.07, 6.45) is -66.1. The van der Waals surface area contributed by atoms with Crippen molar-refractivity contribution in [1.82, 2.24) is 0 Å². The van der Waals surface area contributed by atoms with E-state index >= 15 is 0 Å². The van der Waals surface area contributed by atoms with Crippen LogP contribution in [0, 0.1) is 0 Å². The first-order valence-corrected chi connectivity index (χ1v) is 24.6. The van der Waals surface area contributed by atoms with E-state index in [4.69, 9.17) is 61.9 Å². The van der Waals surface area contributed by atoms with Gasteiger partial charge >= 0.3 is 0 Å². The minimum absolute atomic E-state index is 0.886. The zero-order valence-electron chi connectivity index (χ0n) is 40.9. The van der Waals surface area contributed by atoms with Gasteiger partial charge in [-0.1, -0.05) is 0 Å². The summed E-state index contributed by atoms with van der Waals surface area (Å²) in [6, 6.07) is 0. The molecule has 0 aromatic heterocycles. The molecule has 0 spiro atoms. The Kier molecular flexibility index (Phi) is 24.3. The van der Waals surface area contributed by atoms with Gasteiger partial charge in [-0.15, -0.1) is 0 Å². The fourth-order valence-corrected chi connectivity index (χ4v) is 9.31. The predicted molar refractivity (Wildman–Crippen MR) is 234 cm³/mol. The number of rotatable bonds is 26. The molecule has 24 N–H and O–H groups in total. The molecule has 0 bridgehead atoms. The second-order valence-electron chi connectivity index (χ2n) is 19.5. The van der Waals surface area contributed by atoms with E-state index in [-0.39, 0.29) is 0 Å². The van der Waals surface area contributed by atoms with E-state index in [9.17, 15) is 117 Å². The normalized spacial score (nSPS) is 47.2. The SMILES string of the molecule is OC[C@@H](O)[C@@H]1O[C@@H](OC[C@@H](O)[C@@H]2O[C@@H](OC[C@@H](O)[C@@H]3O[C@@H](OC[C@@H](O)[C@H](O)[C@H](O)[C@@H](O)CO)[C@H](O[C@H]4O[C@H](CO)[C@@H](O)[C@H](O)[C@H]4O)[C@H]3O)[C@H](O[C@H]3O[C@H](CO)[C@@H](O)[C@H](O)[C@H]3O)[C@H]2O)[C@H](O[C@H]2O[C@H](CO)[C@@H](O)[C@H](O)[C@H]2O)[C@H]1O. The molecule has 34 atom stereocenters. The third-order valence-electron chi connectivity index (χ3n) is 14.1. The van der Waals surface area contributed by atoms with Gasteiger partial charge in [0.2, 0.25) is 0 Å². The number of hydrogen-bond acceptors (Lipinski definition) is 36. The molecule has 0 unspecified atom stereocenters. The van der Waals surface area contributed by atoms with Crippen molar-refractivity contribution in [2.45, 2.75) is 209 Å². The van der Waals surface area contributed by atoms with Gasteiger partial charge < -0.3 is 179 Å². The predicted octanol–water partition coefficient (Wildman–Crippen LogP) is -16.6. The van der Waals surface area contributed by atoms with E-state index in [2.05, 4.69) is 0 Å². The standard InChI is InChI=1S/C42H74O36/c43-1-9(48)17(53)18(54)11(50)6-67-40-35(77-38-26(62)23(59)20(56)15(4-46)71-38)29(65)32(74-40)13(52)8-69-42-36(78-39-27(63)24(60)21(57)16(5-47)72-39)30(66)33(75-42)12(51)7-68-41-34(28(64)31(73-41)10(49)2-44)76-37-25(61)22(58)19(55)14(3-45)70-37/h9-66H,1-8H2/t9-,10+,11+,12+,13+,14+,15+,16+,17+,18-,19+,20+,21+,22-,23-,24-,25+,26+,27+,28-,29-,30-,31-,32-,33-,34+,35+,36+,37+,38+,39+,40+,41+,42+/m0/s1. The fourth-order valence-electron chi connectivity index (χ4n) is 9.31. The Morgan fingerprint density at radius 2 is 0.590 bits per heavy atom. The molecule has 6 rings (SSSR count). The largest absolute Gasteiger partial charge is 0.394 e. The lowest BCUT2D eigenvalue weighted by Gasteiger charge is -2.41. The zero-order valence-corrected chi connectivity index (χ0v) is 40.9. The minimum atomic E-state index is -2.19. The lowest BCUT2D eigenvalue weighted by Crippen LogP contribution is -2.60. The Hall–Kier alpha value is -1.44.